The van der Waals surface area contributed by atoms with Crippen LogP contribution in [-0.2, 0) is 75.1 Å². The van der Waals surface area contributed by atoms with E-state index in [0.29, 0.717) is 73.3 Å². The topological polar surface area (TPSA) is 549 Å². The van der Waals surface area contributed by atoms with E-state index in [-0.39, 0.29) is 122 Å². The summed E-state index contributed by atoms with van der Waals surface area (Å²) in [5.41, 5.74) is 20.7. The Morgan fingerprint density at radius 1 is 0.463 bits per heavy atom. The Morgan fingerprint density at radius 3 is 1.24 bits per heavy atom. The number of aliphatic carboxylic acids is 2. The molecule has 40 heteroatoms. The highest BCUT2D eigenvalue weighted by molar-refractivity contribution is 7.39. The minimum atomic E-state index is -1.21. The summed E-state index contributed by atoms with van der Waals surface area (Å²) >= 11 is 7.70. The van der Waals surface area contributed by atoms with Crippen molar-refractivity contribution in [3.05, 3.63) is 233 Å². The highest BCUT2D eigenvalue weighted by Gasteiger charge is 2.38. The normalized spacial score (nSPS) is 17.8. The summed E-state index contributed by atoms with van der Waals surface area (Å²) in [5, 5.41) is 72.5. The van der Waals surface area contributed by atoms with Crippen molar-refractivity contribution in [1.82, 2.24) is 36.9 Å². The maximum Gasteiger partial charge on any atom is 0.328 e. The number of thiazole rings is 1. The number of rotatable bonds is 40. The average molecular weight is 2090 g/mol. The van der Waals surface area contributed by atoms with Crippen LogP contribution in [0.1, 0.15) is 225 Å². The number of methoxy groups -OCH3 is 2. The summed E-state index contributed by atoms with van der Waals surface area (Å²) in [6.07, 6.45) is 8.93. The van der Waals surface area contributed by atoms with E-state index in [9.17, 15) is 72.9 Å². The lowest BCUT2D eigenvalue weighted by atomic mass is 9.93. The van der Waals surface area contributed by atoms with Gasteiger partial charge in [0.25, 0.3) is 23.6 Å². The SMILES string of the molecule is CC1C(C(=O)NC(CCC(=O)c2cc3cc(CCC4CCNCC4)sc3s2)C(=O)O)=Nc2ccccc21.CC1C(C(=O)NC(CCC(=O)c2cc3cc(CCC4CCNCC4)sc3s2)C(=O)O)=Nc2ccccc21.COC(=O)C(CCC(=O)CC1CC(c2ccc(C(=N)N)cc2)=NO1)NC(=O)C1=Nc2ccccc2C1O.COC(=O)C(CCC(=O)CC1CC(c2ccc(C(=N)N)cc2)=NO1)NC(=O)c1nc2ccccc2s1. The summed E-state index contributed by atoms with van der Waals surface area (Å²) < 4.78 is 12.7. The number of amides is 4. The van der Waals surface area contributed by atoms with Gasteiger partial charge in [-0.05, 0) is 192 Å². The largest absolute Gasteiger partial charge is 0.480 e. The number of benzene rings is 6. The van der Waals surface area contributed by atoms with Crippen molar-refractivity contribution >= 4 is 214 Å². The number of Topliss-reactive ketones (excluding diaryl/α,β-unsaturated/α-hetero) is 4. The minimum Gasteiger partial charge on any atom is -0.480 e. The first-order valence-electron chi connectivity index (χ1n) is 48.7. The highest BCUT2D eigenvalue weighted by Crippen LogP contribution is 2.42. The number of piperidine rings is 2. The van der Waals surface area contributed by atoms with Gasteiger partial charge in [0.15, 0.2) is 16.6 Å². The number of carbonyl (C=O) groups excluding carboxylic acids is 10. The first-order chi connectivity index (χ1) is 70.9. The number of amidine groups is 2. The molecule has 5 aromatic heterocycles. The van der Waals surface area contributed by atoms with Crippen molar-refractivity contribution in [2.24, 2.45) is 48.6 Å². The Kier molecular flexibility index (Phi) is 36.6. The number of aromatic nitrogens is 1. The number of thiophene rings is 4. The van der Waals surface area contributed by atoms with E-state index in [1.165, 1.54) is 96.5 Å². The zero-order chi connectivity index (χ0) is 104. The highest BCUT2D eigenvalue weighted by atomic mass is 32.2. The number of aliphatic hydroxyl groups is 1. The van der Waals surface area contributed by atoms with E-state index >= 15 is 0 Å². The molecule has 0 bridgehead atoms. The second-order valence-corrected chi connectivity index (χ2v) is 42.8. The number of aliphatic hydroxyl groups excluding tert-OH is 1. The lowest BCUT2D eigenvalue weighted by molar-refractivity contribution is -0.145. The maximum atomic E-state index is 12.9. The number of hydrogen-bond acceptors (Lipinski definition) is 32. The van der Waals surface area contributed by atoms with Crippen LogP contribution in [0.15, 0.2) is 195 Å². The third-order valence-corrected chi connectivity index (χ3v) is 32.6. The van der Waals surface area contributed by atoms with Gasteiger partial charge in [0, 0.05) is 100 Å². The third kappa shape index (κ3) is 27.9. The number of para-hydroxylation sites is 4. The molecule has 0 saturated carbocycles. The number of hydrogen-bond donors (Lipinski definition) is 13. The number of aliphatic imine (C=N–C) groups is 3. The van der Waals surface area contributed by atoms with Crippen molar-refractivity contribution in [3.8, 4) is 0 Å². The van der Waals surface area contributed by atoms with Gasteiger partial charge in [-0.3, -0.25) is 49.2 Å². The van der Waals surface area contributed by atoms with Crippen molar-refractivity contribution < 1.29 is 92.0 Å². The van der Waals surface area contributed by atoms with E-state index < -0.39 is 90.0 Å². The maximum absolute atomic E-state index is 12.9. The van der Waals surface area contributed by atoms with Gasteiger partial charge in [-0.2, -0.15) is 0 Å². The van der Waals surface area contributed by atoms with Gasteiger partial charge in [0.1, 0.15) is 82.9 Å². The lowest BCUT2D eigenvalue weighted by Crippen LogP contribution is -2.45. The lowest BCUT2D eigenvalue weighted by Gasteiger charge is -2.22. The number of carbonyl (C=O) groups is 12. The monoisotopic (exact) mass is 2090 g/mol. The molecule has 35 nitrogen and oxygen atoms in total. The average Bonchev–Trinajstić information content (AvgIpc) is 1.66. The van der Waals surface area contributed by atoms with E-state index in [2.05, 4.69) is 74.3 Å². The molecule has 2 fully saturated rings. The predicted octanol–water partition coefficient (Wildman–Crippen LogP) is 15.1. The van der Waals surface area contributed by atoms with Gasteiger partial charge in [0.2, 0.25) is 0 Å². The Morgan fingerprint density at radius 2 is 0.844 bits per heavy atom. The second kappa shape index (κ2) is 50.2. The molecule has 7 aliphatic heterocycles. The van der Waals surface area contributed by atoms with Crippen LogP contribution < -0.4 is 43.4 Å². The summed E-state index contributed by atoms with van der Waals surface area (Å²) in [6, 6.07) is 47.1. The van der Waals surface area contributed by atoms with Crippen molar-refractivity contribution in [2.45, 2.75) is 197 Å². The fourth-order valence-corrected chi connectivity index (χ4v) is 24.0. The summed E-state index contributed by atoms with van der Waals surface area (Å²) in [6.45, 7) is 8.22. The van der Waals surface area contributed by atoms with Gasteiger partial charge in [-0.1, -0.05) is 139 Å². The molecule has 6 aromatic carbocycles. The van der Waals surface area contributed by atoms with Crippen LogP contribution in [-0.4, -0.2) is 208 Å². The van der Waals surface area contributed by atoms with Gasteiger partial charge < -0.3 is 77.8 Å². The van der Waals surface area contributed by atoms with Crippen LogP contribution in [0.4, 0.5) is 17.1 Å². The van der Waals surface area contributed by atoms with Crippen molar-refractivity contribution in [3.63, 3.8) is 0 Å². The Bertz CT molecular complexity index is 6660. The summed E-state index contributed by atoms with van der Waals surface area (Å²) in [4.78, 5) is 182. The molecule has 7 aliphatic rings. The molecule has 0 aliphatic carbocycles. The molecule has 147 heavy (non-hydrogen) atoms. The molecule has 2 saturated heterocycles. The number of nitrogens with zero attached hydrogens (tertiary/aromatic N) is 6. The molecule has 766 valence electrons. The number of ether oxygens (including phenoxy) is 2. The first-order valence-corrected chi connectivity index (χ1v) is 52.8. The van der Waals surface area contributed by atoms with Gasteiger partial charge >= 0.3 is 23.9 Å². The Hall–Kier alpha value is -14.3. The third-order valence-electron chi connectivity index (χ3n) is 26.6. The van der Waals surface area contributed by atoms with Crippen LogP contribution in [0.3, 0.4) is 0 Å². The predicted molar refractivity (Wildman–Crippen MR) is 567 cm³/mol. The van der Waals surface area contributed by atoms with Crippen LogP contribution in [0.25, 0.3) is 29.0 Å². The molecular formula is C107H114N16O19S5. The Labute approximate surface area is 866 Å². The number of oxime groups is 2. The number of nitrogen functional groups attached to an aromatic ring is 2. The van der Waals surface area contributed by atoms with E-state index in [1.807, 2.05) is 92.7 Å². The van der Waals surface area contributed by atoms with Crippen molar-refractivity contribution in [1.29, 1.82) is 10.8 Å². The quantitative estimate of drug-likeness (QED) is 0.00734. The molecule has 4 amide bonds. The molecule has 0 radical (unpaired) electrons. The molecule has 12 heterocycles. The number of nitrogens with one attached hydrogen (secondary N) is 8. The fourth-order valence-electron chi connectivity index (χ4n) is 18.2. The summed E-state index contributed by atoms with van der Waals surface area (Å²) in [5.74, 6) is -5.21. The molecule has 9 unspecified atom stereocenters. The van der Waals surface area contributed by atoms with Crippen LogP contribution >= 0.6 is 56.7 Å². The van der Waals surface area contributed by atoms with Crippen LogP contribution in [0, 0.1) is 22.7 Å². The molecule has 15 N–H and O–H groups in total. The molecule has 9 atom stereocenters. The van der Waals surface area contributed by atoms with E-state index in [0.717, 1.165) is 108 Å². The number of carboxylic acid groups (broad SMARTS) is 2. The molecular weight excluding hydrogens is 1970 g/mol. The zero-order valence-electron chi connectivity index (χ0n) is 81.2. The van der Waals surface area contributed by atoms with Gasteiger partial charge in [-0.25, -0.2) is 39.1 Å². The Balaban J connectivity index is 0.000000147. The smallest absolute Gasteiger partial charge is 0.328 e. The summed E-state index contributed by atoms with van der Waals surface area (Å²) in [7, 11) is 2.42. The molecule has 18 rings (SSSR count). The standard InChI is InChI=1S/2C28H31N3O4S2.C26H27N5O6.C25H25N5O5S/c2*1-16-20-4-2-3-5-21(20)30-25(16)26(33)31-22(27(34)35)8-9-23(32)24-15-18-14-19(36-28(18)37-24)7-6-17-10-12-29-13-11-17;1-36-26(35)20(30-25(34)22-23(33)18-4-2-3-5-19(18)29-22)11-10-16(32)12-17-13-21(31-37-17)14-6-8-15(9-7-14)24(27)28;1-34-25(33)19(28-23(32)24-29-18-4-2-3-5-21(18)36-24)11-10-16(31)12-17-13-20(30-35-17)14-6-8-15(9-7-14)22(26)27/h2*2-5,14-17,22,29H,6-13H2,1H3,(H,31,33)(H,34,35);2-9,17,20,23,33H,10-13H2,1H3,(H3,27,28)(H,30,34);2-9,17,19H,10-13H2,1H3,(H3,26,27)(H,28,32). The van der Waals surface area contributed by atoms with Crippen LogP contribution in [0.5, 0.6) is 0 Å². The van der Waals surface area contributed by atoms with Crippen molar-refractivity contribution in [2.75, 3.05) is 40.4 Å². The number of carboxylic acids is 2. The second-order valence-electron chi connectivity index (χ2n) is 36.8. The van der Waals surface area contributed by atoms with E-state index in [4.69, 9.17) is 41.4 Å². The van der Waals surface area contributed by atoms with Crippen LogP contribution in [0.2, 0.25) is 0 Å². The zero-order valence-corrected chi connectivity index (χ0v) is 85.3. The van der Waals surface area contributed by atoms with Gasteiger partial charge in [0.05, 0.1) is 70.7 Å². The molecule has 11 aromatic rings. The number of nitrogens with two attached hydrogens (primary N) is 2. The number of ketones is 4. The van der Waals surface area contributed by atoms with E-state index in [1.54, 1.807) is 102 Å². The fraction of sp³-hybridized carbons (Fsp3) is 0.364. The molecule has 0 spiro atoms. The number of esters is 2. The van der Waals surface area contributed by atoms with Gasteiger partial charge in [-0.15, -0.1) is 56.7 Å². The first kappa shape index (κ1) is 107. The number of fused-ring (bicyclic) bond motifs is 6. The minimum absolute atomic E-state index is 0.00218. The number of aryl methyl sites for hydroxylation is 2.